The van der Waals surface area contributed by atoms with Gasteiger partial charge in [-0.2, -0.15) is 0 Å². The molecule has 1 aromatic carbocycles. The molecule has 26 heavy (non-hydrogen) atoms. The molecule has 140 valence electrons. The minimum absolute atomic E-state index is 0.0419. The number of carbonyl (C=O) groups is 1. The first kappa shape index (κ1) is 19.0. The molecule has 0 bridgehead atoms. The Labute approximate surface area is 158 Å². The topological polar surface area (TPSA) is 81.1 Å². The molecular weight excluding hydrogens is 370 g/mol. The third-order valence-corrected chi connectivity index (χ3v) is 7.11. The third kappa shape index (κ3) is 4.67. The smallest absolute Gasteiger partial charge is 0.230 e. The van der Waals surface area contributed by atoms with Gasteiger partial charge in [0.2, 0.25) is 5.91 Å². The Morgan fingerprint density at radius 2 is 2.08 bits per heavy atom. The predicted molar refractivity (Wildman–Crippen MR) is 104 cm³/mol. The number of carbonyl (C=O) groups excluding carboxylic acids is 1. The minimum atomic E-state index is -2.99. The standard InChI is InChI=1S/C18H23N3O3S2/c1-13(2)14-3-5-16(6-4-14)21-9-8-19-18(21)25-11-17(22)20-15-7-10-26(23,24)12-15/h3-6,8-9,13,15H,7,10-12H2,1-2H3,(H,20,22). The van der Waals surface area contributed by atoms with Gasteiger partial charge in [-0.05, 0) is 30.0 Å². The van der Waals surface area contributed by atoms with E-state index in [9.17, 15) is 13.2 Å². The molecule has 1 aliphatic rings. The number of imidazole rings is 1. The van der Waals surface area contributed by atoms with E-state index in [1.54, 1.807) is 6.20 Å². The number of hydrogen-bond donors (Lipinski definition) is 1. The highest BCUT2D eigenvalue weighted by Gasteiger charge is 2.28. The van der Waals surface area contributed by atoms with Crippen molar-refractivity contribution in [1.29, 1.82) is 0 Å². The summed E-state index contributed by atoms with van der Waals surface area (Å²) in [6.45, 7) is 4.31. The Kier molecular flexibility index (Phi) is 5.72. The van der Waals surface area contributed by atoms with Crippen LogP contribution in [0.3, 0.4) is 0 Å². The van der Waals surface area contributed by atoms with Crippen molar-refractivity contribution >= 4 is 27.5 Å². The molecular formula is C18H23N3O3S2. The van der Waals surface area contributed by atoms with E-state index in [-0.39, 0.29) is 29.2 Å². The number of hydrogen-bond acceptors (Lipinski definition) is 5. The van der Waals surface area contributed by atoms with E-state index in [0.717, 1.165) is 10.8 Å². The molecule has 0 saturated carbocycles. The Morgan fingerprint density at radius 1 is 1.35 bits per heavy atom. The number of amides is 1. The summed E-state index contributed by atoms with van der Waals surface area (Å²) in [4.78, 5) is 16.4. The van der Waals surface area contributed by atoms with Gasteiger partial charge < -0.3 is 5.32 Å². The van der Waals surface area contributed by atoms with E-state index in [2.05, 4.69) is 36.3 Å². The summed E-state index contributed by atoms with van der Waals surface area (Å²) in [6.07, 6.45) is 4.07. The highest BCUT2D eigenvalue weighted by Crippen LogP contribution is 2.22. The summed E-state index contributed by atoms with van der Waals surface area (Å²) in [5.74, 6) is 0.713. The van der Waals surface area contributed by atoms with Gasteiger partial charge in [0.05, 0.1) is 17.3 Å². The van der Waals surface area contributed by atoms with Crippen molar-refractivity contribution < 1.29 is 13.2 Å². The van der Waals surface area contributed by atoms with E-state index < -0.39 is 9.84 Å². The molecule has 3 rings (SSSR count). The van der Waals surface area contributed by atoms with E-state index in [1.807, 2.05) is 22.9 Å². The van der Waals surface area contributed by atoms with Gasteiger partial charge >= 0.3 is 0 Å². The van der Waals surface area contributed by atoms with Crippen molar-refractivity contribution in [3.8, 4) is 5.69 Å². The van der Waals surface area contributed by atoms with Gasteiger partial charge in [-0.1, -0.05) is 37.7 Å². The number of sulfone groups is 1. The highest BCUT2D eigenvalue weighted by molar-refractivity contribution is 7.99. The number of benzene rings is 1. The van der Waals surface area contributed by atoms with Crippen LogP contribution in [0.15, 0.2) is 41.8 Å². The van der Waals surface area contributed by atoms with Crippen LogP contribution in [0.2, 0.25) is 0 Å². The lowest BCUT2D eigenvalue weighted by Gasteiger charge is -2.12. The molecule has 8 heteroatoms. The molecule has 0 radical (unpaired) electrons. The molecule has 1 unspecified atom stereocenters. The fourth-order valence-electron chi connectivity index (χ4n) is 2.92. The summed E-state index contributed by atoms with van der Waals surface area (Å²) in [5, 5.41) is 3.53. The molecule has 1 aromatic heterocycles. The summed E-state index contributed by atoms with van der Waals surface area (Å²) in [7, 11) is -2.99. The van der Waals surface area contributed by atoms with Crippen molar-refractivity contribution in [1.82, 2.24) is 14.9 Å². The number of nitrogens with zero attached hydrogens (tertiary/aromatic N) is 2. The predicted octanol–water partition coefficient (Wildman–Crippen LogP) is 2.39. The van der Waals surface area contributed by atoms with Gasteiger partial charge in [0.15, 0.2) is 15.0 Å². The molecule has 1 N–H and O–H groups in total. The largest absolute Gasteiger partial charge is 0.352 e. The monoisotopic (exact) mass is 393 g/mol. The normalized spacial score (nSPS) is 19.0. The fraction of sp³-hybridized carbons (Fsp3) is 0.444. The Morgan fingerprint density at radius 3 is 2.69 bits per heavy atom. The van der Waals surface area contributed by atoms with Crippen LogP contribution >= 0.6 is 11.8 Å². The average Bonchev–Trinajstić information content (AvgIpc) is 3.19. The maximum atomic E-state index is 12.1. The highest BCUT2D eigenvalue weighted by atomic mass is 32.2. The molecule has 0 spiro atoms. The van der Waals surface area contributed by atoms with Crippen LogP contribution in [0.4, 0.5) is 0 Å². The van der Waals surface area contributed by atoms with Crippen LogP contribution in [0.25, 0.3) is 5.69 Å². The summed E-state index contributed by atoms with van der Waals surface area (Å²) in [6, 6.07) is 8.02. The van der Waals surface area contributed by atoms with E-state index >= 15 is 0 Å². The van der Waals surface area contributed by atoms with Crippen molar-refractivity contribution in [3.05, 3.63) is 42.2 Å². The van der Waals surface area contributed by atoms with Gasteiger partial charge in [-0.25, -0.2) is 13.4 Å². The first-order valence-electron chi connectivity index (χ1n) is 8.60. The quantitative estimate of drug-likeness (QED) is 0.762. The summed E-state index contributed by atoms with van der Waals surface area (Å²) in [5.41, 5.74) is 2.27. The van der Waals surface area contributed by atoms with Gasteiger partial charge in [0.1, 0.15) is 0 Å². The maximum Gasteiger partial charge on any atom is 0.230 e. The minimum Gasteiger partial charge on any atom is -0.352 e. The van der Waals surface area contributed by atoms with Gasteiger partial charge in [0.25, 0.3) is 0 Å². The van der Waals surface area contributed by atoms with Crippen LogP contribution < -0.4 is 5.32 Å². The molecule has 1 atom stereocenters. The van der Waals surface area contributed by atoms with Crippen molar-refractivity contribution in [2.24, 2.45) is 0 Å². The summed E-state index contributed by atoms with van der Waals surface area (Å²) >= 11 is 1.34. The molecule has 1 aliphatic heterocycles. The molecule has 1 amide bonds. The van der Waals surface area contributed by atoms with Crippen molar-refractivity contribution in [3.63, 3.8) is 0 Å². The Hall–Kier alpha value is -1.80. The van der Waals surface area contributed by atoms with E-state index in [4.69, 9.17) is 0 Å². The lowest BCUT2D eigenvalue weighted by Crippen LogP contribution is -2.36. The maximum absolute atomic E-state index is 12.1. The zero-order chi connectivity index (χ0) is 18.7. The Balaban J connectivity index is 1.59. The van der Waals surface area contributed by atoms with Crippen molar-refractivity contribution in [2.45, 2.75) is 37.4 Å². The zero-order valence-electron chi connectivity index (χ0n) is 14.9. The summed E-state index contributed by atoms with van der Waals surface area (Å²) < 4.78 is 24.9. The van der Waals surface area contributed by atoms with Crippen LogP contribution in [-0.2, 0) is 14.6 Å². The number of rotatable bonds is 6. The van der Waals surface area contributed by atoms with E-state index in [0.29, 0.717) is 12.3 Å². The lowest BCUT2D eigenvalue weighted by atomic mass is 10.0. The van der Waals surface area contributed by atoms with Crippen LogP contribution in [0.5, 0.6) is 0 Å². The van der Waals surface area contributed by atoms with Gasteiger partial charge in [-0.15, -0.1) is 0 Å². The fourth-order valence-corrected chi connectivity index (χ4v) is 5.38. The SMILES string of the molecule is CC(C)c1ccc(-n2ccnc2SCC(=O)NC2CCS(=O)(=O)C2)cc1. The third-order valence-electron chi connectivity index (χ3n) is 4.37. The number of aromatic nitrogens is 2. The van der Waals surface area contributed by atoms with Crippen LogP contribution in [0.1, 0.15) is 31.7 Å². The second kappa shape index (κ2) is 7.84. The molecule has 1 saturated heterocycles. The Bertz CT molecular complexity index is 873. The molecule has 2 heterocycles. The van der Waals surface area contributed by atoms with Gasteiger partial charge in [-0.3, -0.25) is 9.36 Å². The second-order valence-electron chi connectivity index (χ2n) is 6.78. The number of thioether (sulfide) groups is 1. The molecule has 6 nitrogen and oxygen atoms in total. The number of nitrogens with one attached hydrogen (secondary N) is 1. The van der Waals surface area contributed by atoms with Crippen molar-refractivity contribution in [2.75, 3.05) is 17.3 Å². The van der Waals surface area contributed by atoms with Crippen LogP contribution in [-0.4, -0.2) is 47.2 Å². The van der Waals surface area contributed by atoms with Crippen LogP contribution in [0, 0.1) is 0 Å². The average molecular weight is 394 g/mol. The van der Waals surface area contributed by atoms with Gasteiger partial charge in [0, 0.05) is 24.1 Å². The first-order valence-corrected chi connectivity index (χ1v) is 11.4. The lowest BCUT2D eigenvalue weighted by molar-refractivity contribution is -0.119. The zero-order valence-corrected chi connectivity index (χ0v) is 16.5. The molecule has 1 fully saturated rings. The second-order valence-corrected chi connectivity index (χ2v) is 9.95. The first-order chi connectivity index (χ1) is 12.3. The molecule has 0 aliphatic carbocycles. The van der Waals surface area contributed by atoms with E-state index in [1.165, 1.54) is 17.3 Å². The molecule has 2 aromatic rings.